The number of benzene rings is 2. The maximum absolute atomic E-state index is 13.7. The van der Waals surface area contributed by atoms with E-state index >= 15 is 0 Å². The Morgan fingerprint density at radius 1 is 1.18 bits per heavy atom. The number of aryl methyl sites for hydroxylation is 2. The number of amides is 1. The Morgan fingerprint density at radius 3 is 2.53 bits per heavy atom. The molecule has 0 radical (unpaired) electrons. The zero-order valence-electron chi connectivity index (χ0n) is 19.7. The smallest absolute Gasteiger partial charge is 0.289 e. The second kappa shape index (κ2) is 10.3. The third kappa shape index (κ3) is 5.52. The highest BCUT2D eigenvalue weighted by Gasteiger charge is 2.33. The Bertz CT molecular complexity index is 1200. The number of carbonyl (C=O) groups is 1. The van der Waals surface area contributed by atoms with E-state index in [-0.39, 0.29) is 21.9 Å². The second-order valence-electron chi connectivity index (χ2n) is 9.11. The maximum atomic E-state index is 13.7. The fourth-order valence-electron chi connectivity index (χ4n) is 4.47. The van der Waals surface area contributed by atoms with Gasteiger partial charge in [-0.05, 0) is 55.9 Å². The number of anilines is 1. The van der Waals surface area contributed by atoms with Crippen LogP contribution in [0.3, 0.4) is 0 Å². The highest BCUT2D eigenvalue weighted by Crippen LogP contribution is 2.33. The van der Waals surface area contributed by atoms with E-state index in [1.165, 1.54) is 12.1 Å². The molecule has 2 aromatic carbocycles. The van der Waals surface area contributed by atoms with E-state index in [1.54, 1.807) is 19.1 Å². The number of sulfonamides is 1. The Hall–Kier alpha value is -2.65. The summed E-state index contributed by atoms with van der Waals surface area (Å²) in [5.74, 6) is 0.327. The first kappa shape index (κ1) is 26.0. The summed E-state index contributed by atoms with van der Waals surface area (Å²) < 4.78 is 28.4. The lowest BCUT2D eigenvalue weighted by molar-refractivity contribution is -0.384. The molecule has 0 saturated heterocycles. The molecule has 0 heterocycles. The lowest BCUT2D eigenvalue weighted by Gasteiger charge is -2.35. The number of halogens is 1. The molecule has 1 amide bonds. The molecule has 2 aromatic rings. The number of hydrogen-bond acceptors (Lipinski definition) is 5. The fourth-order valence-corrected chi connectivity index (χ4v) is 6.17. The minimum atomic E-state index is -4.31. The molecule has 3 atom stereocenters. The monoisotopic (exact) mass is 507 g/mol. The highest BCUT2D eigenvalue weighted by atomic mass is 35.5. The molecule has 3 rings (SSSR count). The summed E-state index contributed by atoms with van der Waals surface area (Å²) in [5, 5.41) is 14.2. The molecular formula is C24H30ClN3O5S. The number of nitrogens with zero attached hydrogens (tertiary/aromatic N) is 2. The first-order valence-electron chi connectivity index (χ1n) is 11.2. The highest BCUT2D eigenvalue weighted by molar-refractivity contribution is 7.92. The van der Waals surface area contributed by atoms with Crippen molar-refractivity contribution in [2.24, 2.45) is 11.8 Å². The number of hydrogen-bond donors (Lipinski definition) is 1. The second-order valence-corrected chi connectivity index (χ2v) is 11.4. The summed E-state index contributed by atoms with van der Waals surface area (Å²) in [5.41, 5.74) is 1.43. The van der Waals surface area contributed by atoms with E-state index in [0.717, 1.165) is 35.2 Å². The lowest BCUT2D eigenvalue weighted by Crippen LogP contribution is -2.48. The van der Waals surface area contributed by atoms with Gasteiger partial charge in [-0.1, -0.05) is 56.0 Å². The normalized spacial score (nSPS) is 20.6. The predicted octanol–water partition coefficient (Wildman–Crippen LogP) is 5.00. The summed E-state index contributed by atoms with van der Waals surface area (Å²) in [6, 6.07) is 8.52. The maximum Gasteiger partial charge on any atom is 0.289 e. The first-order chi connectivity index (χ1) is 15.9. The van der Waals surface area contributed by atoms with Gasteiger partial charge in [-0.3, -0.25) is 19.2 Å². The Balaban J connectivity index is 2.00. The molecule has 0 aliphatic heterocycles. The van der Waals surface area contributed by atoms with Crippen LogP contribution in [0.5, 0.6) is 0 Å². The molecule has 0 unspecified atom stereocenters. The van der Waals surface area contributed by atoms with Crippen molar-refractivity contribution in [3.8, 4) is 0 Å². The Kier molecular flexibility index (Phi) is 7.88. The molecule has 0 aromatic heterocycles. The third-order valence-electron chi connectivity index (χ3n) is 6.66. The van der Waals surface area contributed by atoms with Gasteiger partial charge in [0, 0.05) is 12.1 Å². The minimum Gasteiger partial charge on any atom is -0.352 e. The summed E-state index contributed by atoms with van der Waals surface area (Å²) in [6.45, 7) is 7.46. The van der Waals surface area contributed by atoms with E-state index in [4.69, 9.17) is 11.6 Å². The van der Waals surface area contributed by atoms with Gasteiger partial charge in [0.15, 0.2) is 0 Å². The van der Waals surface area contributed by atoms with Crippen LogP contribution in [0, 0.1) is 35.8 Å². The fraction of sp³-hybridized carbons (Fsp3) is 0.458. The van der Waals surface area contributed by atoms with Gasteiger partial charge in [-0.15, -0.1) is 0 Å². The van der Waals surface area contributed by atoms with E-state index < -0.39 is 33.1 Å². The molecule has 0 bridgehead atoms. The van der Waals surface area contributed by atoms with E-state index in [2.05, 4.69) is 19.2 Å². The van der Waals surface area contributed by atoms with Crippen molar-refractivity contribution in [1.29, 1.82) is 0 Å². The van der Waals surface area contributed by atoms with Gasteiger partial charge in [0.05, 0.1) is 15.5 Å². The van der Waals surface area contributed by atoms with Crippen LogP contribution >= 0.6 is 11.6 Å². The van der Waals surface area contributed by atoms with E-state index in [0.29, 0.717) is 17.2 Å². The molecular weight excluding hydrogens is 478 g/mol. The summed E-state index contributed by atoms with van der Waals surface area (Å²) >= 11 is 5.88. The van der Waals surface area contributed by atoms with E-state index in [9.17, 15) is 23.3 Å². The molecule has 1 saturated carbocycles. The van der Waals surface area contributed by atoms with Crippen molar-refractivity contribution in [3.63, 3.8) is 0 Å². The minimum absolute atomic E-state index is 0.0310. The van der Waals surface area contributed by atoms with E-state index in [1.807, 2.05) is 13.0 Å². The number of rotatable bonds is 7. The molecule has 1 aliphatic rings. The summed E-state index contributed by atoms with van der Waals surface area (Å²) in [4.78, 5) is 23.4. The van der Waals surface area contributed by atoms with Gasteiger partial charge in [0.2, 0.25) is 5.91 Å². The standard InChI is InChI=1S/C24H30ClN3O5S/c1-15-8-11-22(17(3)12-15)27(14-24(29)26-21-7-5-6-16(2)18(21)4)34(32,33)19-9-10-20(25)23(13-19)28(30)31/h8-13,16,18,21H,5-7,14H2,1-4H3,(H,26,29)/t16-,18-,21-/m0/s1. The van der Waals surface area contributed by atoms with Gasteiger partial charge in [-0.25, -0.2) is 8.42 Å². The number of nitrogens with one attached hydrogen (secondary N) is 1. The molecule has 0 spiro atoms. The number of carbonyl (C=O) groups excluding carboxylic acids is 1. The van der Waals surface area contributed by atoms with Crippen LogP contribution in [-0.4, -0.2) is 31.8 Å². The summed E-state index contributed by atoms with van der Waals surface area (Å²) in [7, 11) is -4.31. The van der Waals surface area contributed by atoms with Gasteiger partial charge in [-0.2, -0.15) is 0 Å². The predicted molar refractivity (Wildman–Crippen MR) is 133 cm³/mol. The zero-order chi connectivity index (χ0) is 25.2. The summed E-state index contributed by atoms with van der Waals surface area (Å²) in [6.07, 6.45) is 2.95. The van der Waals surface area contributed by atoms with Gasteiger partial charge < -0.3 is 5.32 Å². The van der Waals surface area contributed by atoms with Crippen molar-refractivity contribution >= 4 is 38.9 Å². The van der Waals surface area contributed by atoms with Crippen molar-refractivity contribution < 1.29 is 18.1 Å². The van der Waals surface area contributed by atoms with Crippen LogP contribution in [0.4, 0.5) is 11.4 Å². The first-order valence-corrected chi connectivity index (χ1v) is 13.1. The van der Waals surface area contributed by atoms with Crippen LogP contribution < -0.4 is 9.62 Å². The quantitative estimate of drug-likeness (QED) is 0.419. The van der Waals surface area contributed by atoms with Crippen LogP contribution in [-0.2, 0) is 14.8 Å². The lowest BCUT2D eigenvalue weighted by atomic mass is 9.78. The molecule has 10 heteroatoms. The molecule has 34 heavy (non-hydrogen) atoms. The Labute approximate surface area is 205 Å². The average molecular weight is 508 g/mol. The van der Waals surface area contributed by atoms with Gasteiger partial charge in [0.25, 0.3) is 15.7 Å². The van der Waals surface area contributed by atoms with Crippen molar-refractivity contribution in [3.05, 3.63) is 62.7 Å². The molecule has 1 aliphatic carbocycles. The Morgan fingerprint density at radius 2 is 1.88 bits per heavy atom. The molecule has 8 nitrogen and oxygen atoms in total. The largest absolute Gasteiger partial charge is 0.352 e. The van der Waals surface area contributed by atoms with Crippen molar-refractivity contribution in [1.82, 2.24) is 5.32 Å². The van der Waals surface area contributed by atoms with Crippen LogP contribution in [0.1, 0.15) is 44.2 Å². The number of nitro benzene ring substituents is 1. The molecule has 1 fully saturated rings. The zero-order valence-corrected chi connectivity index (χ0v) is 21.3. The molecule has 184 valence electrons. The SMILES string of the molecule is Cc1ccc(N(CC(=O)N[C@H]2CCC[C@H](C)[C@@H]2C)S(=O)(=O)c2ccc(Cl)c([N+](=O)[O-])c2)c(C)c1. The van der Waals surface area contributed by atoms with Crippen LogP contribution in [0.2, 0.25) is 5.02 Å². The third-order valence-corrected chi connectivity index (χ3v) is 8.74. The van der Waals surface area contributed by atoms with Crippen LogP contribution in [0.15, 0.2) is 41.3 Å². The average Bonchev–Trinajstić information content (AvgIpc) is 2.75. The molecule has 1 N–H and O–H groups in total. The van der Waals surface area contributed by atoms with Crippen molar-refractivity contribution in [2.45, 2.75) is 57.9 Å². The van der Waals surface area contributed by atoms with Gasteiger partial charge >= 0.3 is 0 Å². The number of nitro groups is 1. The van der Waals surface area contributed by atoms with Gasteiger partial charge in [0.1, 0.15) is 11.6 Å². The topological polar surface area (TPSA) is 110 Å². The van der Waals surface area contributed by atoms with Crippen molar-refractivity contribution in [2.75, 3.05) is 10.8 Å². The van der Waals surface area contributed by atoms with Crippen LogP contribution in [0.25, 0.3) is 0 Å².